The second-order valence-corrected chi connectivity index (χ2v) is 7.88. The number of hydrogen-bond acceptors (Lipinski definition) is 2. The van der Waals surface area contributed by atoms with Gasteiger partial charge in [0, 0.05) is 18.3 Å². The number of carbonyl (C=O) groups excluding carboxylic acids is 1. The van der Waals surface area contributed by atoms with Crippen molar-refractivity contribution < 1.29 is 4.79 Å². The summed E-state index contributed by atoms with van der Waals surface area (Å²) in [7, 11) is 0. The molecule has 2 aliphatic carbocycles. The highest BCUT2D eigenvalue weighted by Gasteiger charge is 2.42. The number of nitrogens with zero attached hydrogens (tertiary/aromatic N) is 1. The van der Waals surface area contributed by atoms with E-state index in [4.69, 9.17) is 0 Å². The zero-order chi connectivity index (χ0) is 16.0. The van der Waals surface area contributed by atoms with Crippen LogP contribution in [0.4, 0.5) is 5.69 Å². The van der Waals surface area contributed by atoms with Gasteiger partial charge in [-0.3, -0.25) is 4.79 Å². The van der Waals surface area contributed by atoms with Crippen molar-refractivity contribution in [1.82, 2.24) is 5.32 Å². The molecule has 3 aliphatic rings. The molecule has 0 aromatic heterocycles. The molecule has 1 aliphatic heterocycles. The predicted octanol–water partition coefficient (Wildman–Crippen LogP) is 3.38. The molecular formula is C20H28N2O. The highest BCUT2D eigenvalue weighted by molar-refractivity contribution is 5.98. The molecule has 0 saturated heterocycles. The Kier molecular flexibility index (Phi) is 3.92. The SMILES string of the molecule is C[C@H](N[C@H](C)[C@@H]1C[C@H]2CC[C@H]1C2)C(=O)N1CCc2ccccc21. The highest BCUT2D eigenvalue weighted by atomic mass is 16.2. The summed E-state index contributed by atoms with van der Waals surface area (Å²) in [5, 5.41) is 3.62. The number of benzene rings is 1. The van der Waals surface area contributed by atoms with Crippen LogP contribution in [0.25, 0.3) is 0 Å². The van der Waals surface area contributed by atoms with Crippen LogP contribution in [0, 0.1) is 17.8 Å². The maximum absolute atomic E-state index is 12.9. The zero-order valence-electron chi connectivity index (χ0n) is 14.3. The number of amides is 1. The van der Waals surface area contributed by atoms with Gasteiger partial charge >= 0.3 is 0 Å². The molecule has 0 spiro atoms. The van der Waals surface area contributed by atoms with Gasteiger partial charge in [-0.1, -0.05) is 24.6 Å². The summed E-state index contributed by atoms with van der Waals surface area (Å²) in [6.07, 6.45) is 6.62. The van der Waals surface area contributed by atoms with Crippen molar-refractivity contribution in [2.45, 2.75) is 58.0 Å². The molecule has 0 radical (unpaired) electrons. The third-order valence-electron chi connectivity index (χ3n) is 6.47. The first-order valence-electron chi connectivity index (χ1n) is 9.29. The third kappa shape index (κ3) is 2.69. The number of nitrogens with one attached hydrogen (secondary N) is 1. The second kappa shape index (κ2) is 5.94. The van der Waals surface area contributed by atoms with E-state index in [0.29, 0.717) is 6.04 Å². The van der Waals surface area contributed by atoms with Gasteiger partial charge < -0.3 is 10.2 Å². The van der Waals surface area contributed by atoms with E-state index in [2.05, 4.69) is 30.4 Å². The van der Waals surface area contributed by atoms with Crippen molar-refractivity contribution >= 4 is 11.6 Å². The van der Waals surface area contributed by atoms with E-state index in [1.807, 2.05) is 17.9 Å². The normalized spacial score (nSPS) is 31.2. The molecule has 124 valence electrons. The van der Waals surface area contributed by atoms with Crippen LogP contribution in [0.5, 0.6) is 0 Å². The maximum atomic E-state index is 12.9. The lowest BCUT2D eigenvalue weighted by Gasteiger charge is -2.32. The van der Waals surface area contributed by atoms with Crippen molar-refractivity contribution in [1.29, 1.82) is 0 Å². The fourth-order valence-electron chi connectivity index (χ4n) is 5.30. The Morgan fingerprint density at radius 1 is 1.22 bits per heavy atom. The van der Waals surface area contributed by atoms with Crippen LogP contribution in [0.3, 0.4) is 0 Å². The molecule has 1 heterocycles. The molecule has 2 saturated carbocycles. The van der Waals surface area contributed by atoms with E-state index in [9.17, 15) is 4.79 Å². The summed E-state index contributed by atoms with van der Waals surface area (Å²) in [6.45, 7) is 5.15. The summed E-state index contributed by atoms with van der Waals surface area (Å²) in [5.74, 6) is 2.86. The molecule has 5 atom stereocenters. The van der Waals surface area contributed by atoms with E-state index >= 15 is 0 Å². The van der Waals surface area contributed by atoms with E-state index in [0.717, 1.165) is 36.4 Å². The molecular weight excluding hydrogens is 284 g/mol. The van der Waals surface area contributed by atoms with Gasteiger partial charge in [-0.15, -0.1) is 0 Å². The molecule has 2 bridgehead atoms. The van der Waals surface area contributed by atoms with Crippen molar-refractivity contribution in [3.8, 4) is 0 Å². The van der Waals surface area contributed by atoms with Gasteiger partial charge in [0.05, 0.1) is 6.04 Å². The second-order valence-electron chi connectivity index (χ2n) is 7.88. The summed E-state index contributed by atoms with van der Waals surface area (Å²) in [6, 6.07) is 8.65. The lowest BCUT2D eigenvalue weighted by molar-refractivity contribution is -0.120. The summed E-state index contributed by atoms with van der Waals surface area (Å²) in [4.78, 5) is 14.9. The van der Waals surface area contributed by atoms with Gasteiger partial charge in [0.1, 0.15) is 0 Å². The molecule has 23 heavy (non-hydrogen) atoms. The predicted molar refractivity (Wildman–Crippen MR) is 93.5 cm³/mol. The number of fused-ring (bicyclic) bond motifs is 3. The molecule has 3 heteroatoms. The highest BCUT2D eigenvalue weighted by Crippen LogP contribution is 2.49. The molecule has 2 fully saturated rings. The number of para-hydroxylation sites is 1. The largest absolute Gasteiger partial charge is 0.310 e. The molecule has 1 N–H and O–H groups in total. The molecule has 3 nitrogen and oxygen atoms in total. The maximum Gasteiger partial charge on any atom is 0.243 e. The fraction of sp³-hybridized carbons (Fsp3) is 0.650. The Morgan fingerprint density at radius 3 is 2.78 bits per heavy atom. The average molecular weight is 312 g/mol. The van der Waals surface area contributed by atoms with Crippen LogP contribution < -0.4 is 10.2 Å². The first-order valence-corrected chi connectivity index (χ1v) is 9.29. The van der Waals surface area contributed by atoms with Crippen LogP contribution in [0.15, 0.2) is 24.3 Å². The standard InChI is InChI=1S/C20H28N2O/c1-13(18-12-15-7-8-17(18)11-15)21-14(2)20(23)22-10-9-16-5-3-4-6-19(16)22/h3-6,13-15,17-18,21H,7-12H2,1-2H3/t13-,14+,15+,17+,18+/m1/s1. The van der Waals surface area contributed by atoms with E-state index in [-0.39, 0.29) is 11.9 Å². The minimum Gasteiger partial charge on any atom is -0.310 e. The van der Waals surface area contributed by atoms with Crippen LogP contribution in [0.2, 0.25) is 0 Å². The zero-order valence-corrected chi connectivity index (χ0v) is 14.3. The van der Waals surface area contributed by atoms with Crippen molar-refractivity contribution in [3.63, 3.8) is 0 Å². The summed E-state index contributed by atoms with van der Waals surface area (Å²) >= 11 is 0. The number of carbonyl (C=O) groups is 1. The Bertz CT molecular complexity index is 599. The Balaban J connectivity index is 1.39. The van der Waals surface area contributed by atoms with E-state index in [1.54, 1.807) is 0 Å². The van der Waals surface area contributed by atoms with Gasteiger partial charge in [-0.25, -0.2) is 0 Å². The Morgan fingerprint density at radius 2 is 2.04 bits per heavy atom. The quantitative estimate of drug-likeness (QED) is 0.924. The minimum absolute atomic E-state index is 0.102. The van der Waals surface area contributed by atoms with Crippen LogP contribution in [0.1, 0.15) is 45.1 Å². The topological polar surface area (TPSA) is 32.3 Å². The van der Waals surface area contributed by atoms with Crippen LogP contribution in [-0.4, -0.2) is 24.5 Å². The van der Waals surface area contributed by atoms with Crippen molar-refractivity contribution in [2.75, 3.05) is 11.4 Å². The summed E-state index contributed by atoms with van der Waals surface area (Å²) in [5.41, 5.74) is 2.41. The Labute approximate surface area is 139 Å². The first kappa shape index (κ1) is 15.2. The van der Waals surface area contributed by atoms with Gasteiger partial charge in [0.15, 0.2) is 0 Å². The van der Waals surface area contributed by atoms with Crippen molar-refractivity contribution in [3.05, 3.63) is 29.8 Å². The summed E-state index contributed by atoms with van der Waals surface area (Å²) < 4.78 is 0. The van der Waals surface area contributed by atoms with Crippen LogP contribution >= 0.6 is 0 Å². The fourth-order valence-corrected chi connectivity index (χ4v) is 5.30. The molecule has 1 aromatic rings. The van der Waals surface area contributed by atoms with E-state index in [1.165, 1.54) is 31.2 Å². The van der Waals surface area contributed by atoms with Gasteiger partial charge in [-0.05, 0) is 68.9 Å². The van der Waals surface area contributed by atoms with E-state index < -0.39 is 0 Å². The first-order chi connectivity index (χ1) is 11.1. The molecule has 0 unspecified atom stereocenters. The molecule has 1 aromatic carbocycles. The minimum atomic E-state index is -0.102. The van der Waals surface area contributed by atoms with Gasteiger partial charge in [-0.2, -0.15) is 0 Å². The Hall–Kier alpha value is -1.35. The molecule has 1 amide bonds. The lowest BCUT2D eigenvalue weighted by Crippen LogP contribution is -2.49. The molecule has 4 rings (SSSR count). The average Bonchev–Trinajstić information content (AvgIpc) is 3.28. The smallest absolute Gasteiger partial charge is 0.243 e. The number of hydrogen-bond donors (Lipinski definition) is 1. The van der Waals surface area contributed by atoms with Crippen molar-refractivity contribution in [2.24, 2.45) is 17.8 Å². The van der Waals surface area contributed by atoms with Gasteiger partial charge in [0.25, 0.3) is 0 Å². The monoisotopic (exact) mass is 312 g/mol. The lowest BCUT2D eigenvalue weighted by atomic mass is 9.83. The van der Waals surface area contributed by atoms with Gasteiger partial charge in [0.2, 0.25) is 5.91 Å². The van der Waals surface area contributed by atoms with Crippen LogP contribution in [-0.2, 0) is 11.2 Å². The third-order valence-corrected chi connectivity index (χ3v) is 6.47. The number of anilines is 1. The number of rotatable bonds is 4.